The summed E-state index contributed by atoms with van der Waals surface area (Å²) < 4.78 is 15.5. The van der Waals surface area contributed by atoms with E-state index in [-0.39, 0.29) is 17.6 Å². The van der Waals surface area contributed by atoms with Crippen LogP contribution in [0.25, 0.3) is 10.9 Å². The summed E-state index contributed by atoms with van der Waals surface area (Å²) in [6.45, 7) is 3.63. The van der Waals surface area contributed by atoms with E-state index in [4.69, 9.17) is 0 Å². The predicted molar refractivity (Wildman–Crippen MR) is 103 cm³/mol. The summed E-state index contributed by atoms with van der Waals surface area (Å²) in [5.41, 5.74) is 1.83. The summed E-state index contributed by atoms with van der Waals surface area (Å²) in [4.78, 5) is 28.7. The Kier molecular flexibility index (Phi) is 4.39. The molecule has 0 N–H and O–H groups in total. The van der Waals surface area contributed by atoms with Crippen molar-refractivity contribution in [2.45, 2.75) is 6.92 Å². The Morgan fingerprint density at radius 2 is 1.59 bits per heavy atom. The van der Waals surface area contributed by atoms with Crippen LogP contribution in [0, 0.1) is 5.82 Å². The first-order chi connectivity index (χ1) is 13.1. The van der Waals surface area contributed by atoms with E-state index in [1.54, 1.807) is 23.2 Å². The average Bonchev–Trinajstić information content (AvgIpc) is 3.08. The van der Waals surface area contributed by atoms with Crippen LogP contribution in [0.1, 0.15) is 22.1 Å². The summed E-state index contributed by atoms with van der Waals surface area (Å²) in [6, 6.07) is 14.1. The Bertz CT molecular complexity index is 1020. The number of anilines is 1. The van der Waals surface area contributed by atoms with Crippen LogP contribution in [-0.4, -0.2) is 47.5 Å². The van der Waals surface area contributed by atoms with E-state index in [1.165, 1.54) is 17.6 Å². The van der Waals surface area contributed by atoms with Crippen LogP contribution in [0.5, 0.6) is 0 Å². The summed E-state index contributed by atoms with van der Waals surface area (Å²) in [5.74, 6) is -0.476. The number of hydrogen-bond acceptors (Lipinski definition) is 3. The van der Waals surface area contributed by atoms with Crippen LogP contribution in [0.2, 0.25) is 0 Å². The maximum atomic E-state index is 14.0. The van der Waals surface area contributed by atoms with E-state index in [2.05, 4.69) is 0 Å². The van der Waals surface area contributed by atoms with Gasteiger partial charge in [0, 0.05) is 44.7 Å². The van der Waals surface area contributed by atoms with Gasteiger partial charge in [-0.1, -0.05) is 30.3 Å². The van der Waals surface area contributed by atoms with Crippen LogP contribution in [-0.2, 0) is 0 Å². The van der Waals surface area contributed by atoms with Crippen LogP contribution in [0.3, 0.4) is 0 Å². The summed E-state index contributed by atoms with van der Waals surface area (Å²) >= 11 is 0. The van der Waals surface area contributed by atoms with E-state index < -0.39 is 0 Å². The molecule has 1 aliphatic rings. The van der Waals surface area contributed by atoms with Crippen molar-refractivity contribution in [2.75, 3.05) is 31.1 Å². The third-order valence-corrected chi connectivity index (χ3v) is 5.04. The first-order valence-electron chi connectivity index (χ1n) is 8.96. The number of para-hydroxylation sites is 2. The zero-order valence-electron chi connectivity index (χ0n) is 15.1. The Balaban J connectivity index is 1.56. The second kappa shape index (κ2) is 6.87. The van der Waals surface area contributed by atoms with Crippen molar-refractivity contribution in [1.82, 2.24) is 9.47 Å². The van der Waals surface area contributed by atoms with Gasteiger partial charge in [0.05, 0.1) is 16.8 Å². The molecule has 2 aromatic carbocycles. The van der Waals surface area contributed by atoms with Crippen molar-refractivity contribution >= 4 is 28.4 Å². The number of benzene rings is 2. The highest BCUT2D eigenvalue weighted by molar-refractivity contribution is 6.09. The highest BCUT2D eigenvalue weighted by atomic mass is 19.1. The number of aromatic nitrogens is 1. The molecule has 1 saturated heterocycles. The molecule has 3 aromatic rings. The van der Waals surface area contributed by atoms with Crippen LogP contribution < -0.4 is 4.90 Å². The van der Waals surface area contributed by atoms with Crippen molar-refractivity contribution in [3.05, 3.63) is 66.1 Å². The number of rotatable bonds is 2. The number of nitrogens with zero attached hydrogens (tertiary/aromatic N) is 3. The molecule has 1 aromatic heterocycles. The van der Waals surface area contributed by atoms with Gasteiger partial charge < -0.3 is 9.80 Å². The predicted octanol–water partition coefficient (Wildman–Crippen LogP) is 3.40. The standard InChI is InChI=1S/C21H20FN3O2/c1-15(26)25-14-17(16-6-2-4-8-19(16)25)21(27)24-12-10-23(11-13-24)20-9-5-3-7-18(20)22/h2-9,14H,10-13H2,1H3. The van der Waals surface area contributed by atoms with E-state index in [1.807, 2.05) is 35.2 Å². The lowest BCUT2D eigenvalue weighted by atomic mass is 10.1. The lowest BCUT2D eigenvalue weighted by Gasteiger charge is -2.36. The van der Waals surface area contributed by atoms with E-state index in [0.29, 0.717) is 37.4 Å². The third-order valence-electron chi connectivity index (χ3n) is 5.04. The molecule has 0 unspecified atom stereocenters. The van der Waals surface area contributed by atoms with Gasteiger partial charge in [-0.05, 0) is 18.2 Å². The average molecular weight is 365 g/mol. The maximum Gasteiger partial charge on any atom is 0.256 e. The van der Waals surface area contributed by atoms with Gasteiger partial charge in [-0.15, -0.1) is 0 Å². The smallest absolute Gasteiger partial charge is 0.256 e. The van der Waals surface area contributed by atoms with Crippen molar-refractivity contribution in [2.24, 2.45) is 0 Å². The molecule has 0 atom stereocenters. The summed E-state index contributed by atoms with van der Waals surface area (Å²) in [6.07, 6.45) is 1.62. The number of hydrogen-bond donors (Lipinski definition) is 0. The first-order valence-corrected chi connectivity index (χ1v) is 8.96. The van der Waals surface area contributed by atoms with Crippen molar-refractivity contribution in [3.63, 3.8) is 0 Å². The molecule has 1 aliphatic heterocycles. The number of amides is 1. The van der Waals surface area contributed by atoms with Crippen molar-refractivity contribution in [1.29, 1.82) is 0 Å². The van der Waals surface area contributed by atoms with Gasteiger partial charge in [0.1, 0.15) is 5.82 Å². The molecule has 4 rings (SSSR count). The second-order valence-electron chi connectivity index (χ2n) is 6.68. The number of carbonyl (C=O) groups is 2. The third kappa shape index (κ3) is 3.07. The largest absolute Gasteiger partial charge is 0.366 e. The quantitative estimate of drug-likeness (QED) is 0.699. The monoisotopic (exact) mass is 365 g/mol. The maximum absolute atomic E-state index is 14.0. The molecule has 0 aliphatic carbocycles. The highest BCUT2D eigenvalue weighted by Crippen LogP contribution is 2.25. The lowest BCUT2D eigenvalue weighted by molar-refractivity contribution is 0.0748. The number of carbonyl (C=O) groups excluding carboxylic acids is 2. The molecule has 0 saturated carbocycles. The van der Waals surface area contributed by atoms with Gasteiger partial charge in [0.15, 0.2) is 0 Å². The Morgan fingerprint density at radius 1 is 0.926 bits per heavy atom. The molecular formula is C21H20FN3O2. The molecule has 2 heterocycles. The number of piperazine rings is 1. The van der Waals surface area contributed by atoms with Crippen molar-refractivity contribution in [3.8, 4) is 0 Å². The van der Waals surface area contributed by atoms with Gasteiger partial charge in [-0.3, -0.25) is 14.2 Å². The van der Waals surface area contributed by atoms with E-state index in [9.17, 15) is 14.0 Å². The molecule has 27 heavy (non-hydrogen) atoms. The molecule has 0 radical (unpaired) electrons. The van der Waals surface area contributed by atoms with Crippen LogP contribution in [0.4, 0.5) is 10.1 Å². The number of fused-ring (bicyclic) bond motifs is 1. The fourth-order valence-electron chi connectivity index (χ4n) is 3.64. The van der Waals surface area contributed by atoms with Gasteiger partial charge in [-0.2, -0.15) is 0 Å². The molecule has 0 spiro atoms. The van der Waals surface area contributed by atoms with Gasteiger partial charge in [0.25, 0.3) is 5.91 Å². The Morgan fingerprint density at radius 3 is 2.30 bits per heavy atom. The van der Waals surface area contributed by atoms with Gasteiger partial charge in [0.2, 0.25) is 5.91 Å². The minimum atomic E-state index is -0.248. The molecule has 138 valence electrons. The Labute approximate surface area is 156 Å². The van der Waals surface area contributed by atoms with Crippen molar-refractivity contribution < 1.29 is 14.0 Å². The van der Waals surface area contributed by atoms with E-state index >= 15 is 0 Å². The molecule has 6 heteroatoms. The fraction of sp³-hybridized carbons (Fsp3) is 0.238. The fourth-order valence-corrected chi connectivity index (χ4v) is 3.64. The van der Waals surface area contributed by atoms with Gasteiger partial charge in [-0.25, -0.2) is 4.39 Å². The number of halogens is 1. The minimum Gasteiger partial charge on any atom is -0.366 e. The molecule has 0 bridgehead atoms. The lowest BCUT2D eigenvalue weighted by Crippen LogP contribution is -2.49. The van der Waals surface area contributed by atoms with E-state index in [0.717, 1.165) is 10.9 Å². The van der Waals surface area contributed by atoms with Gasteiger partial charge >= 0.3 is 0 Å². The zero-order chi connectivity index (χ0) is 19.0. The van der Waals surface area contributed by atoms with Crippen LogP contribution in [0.15, 0.2) is 54.7 Å². The summed E-state index contributed by atoms with van der Waals surface area (Å²) in [7, 11) is 0. The molecular weight excluding hydrogens is 345 g/mol. The second-order valence-corrected chi connectivity index (χ2v) is 6.68. The molecule has 5 nitrogen and oxygen atoms in total. The Hall–Kier alpha value is -3.15. The normalized spacial score (nSPS) is 14.6. The van der Waals surface area contributed by atoms with Crippen LogP contribution >= 0.6 is 0 Å². The zero-order valence-corrected chi connectivity index (χ0v) is 15.1. The first kappa shape index (κ1) is 17.3. The minimum absolute atomic E-state index is 0.0978. The summed E-state index contributed by atoms with van der Waals surface area (Å²) in [5, 5.41) is 0.772. The highest BCUT2D eigenvalue weighted by Gasteiger charge is 2.26. The SMILES string of the molecule is CC(=O)n1cc(C(=O)N2CCN(c3ccccc3F)CC2)c2ccccc21. The molecule has 1 fully saturated rings. The topological polar surface area (TPSA) is 45.6 Å². The molecule has 1 amide bonds.